The van der Waals surface area contributed by atoms with E-state index < -0.39 is 20.2 Å². The van der Waals surface area contributed by atoms with Gasteiger partial charge in [-0.3, -0.25) is 8.74 Å². The van der Waals surface area contributed by atoms with Crippen molar-refractivity contribution in [2.75, 3.05) is 18.1 Å². The maximum absolute atomic E-state index is 11.0. The van der Waals surface area contributed by atoms with Gasteiger partial charge in [-0.2, -0.15) is 16.8 Å². The van der Waals surface area contributed by atoms with Gasteiger partial charge in [0.15, 0.2) is 0 Å². The maximum Gasteiger partial charge on any atom is 0.267 e. The molecule has 0 saturated heterocycles. The minimum absolute atomic E-state index is 0.105. The normalized spacial score (nSPS) is 12.9. The predicted molar refractivity (Wildman–Crippen MR) is 55.7 cm³/mol. The molecule has 0 aromatic carbocycles. The Hall–Kier alpha value is -0.180. The quantitative estimate of drug-likeness (QED) is 0.385. The van der Waals surface area contributed by atoms with Crippen LogP contribution in [0.5, 0.6) is 0 Å². The Morgan fingerprint density at radius 3 is 2.00 bits per heavy atom. The summed E-state index contributed by atoms with van der Waals surface area (Å²) in [7, 11) is -7.39. The number of hydrogen-bond acceptors (Lipinski definition) is 5. The second-order valence-corrected chi connectivity index (χ2v) is 6.35. The third-order valence-corrected chi connectivity index (χ3v) is 3.78. The molecule has 0 aromatic rings. The lowest BCUT2D eigenvalue weighted by molar-refractivity contribution is 0.337. The molecule has 0 amide bonds. The molecule has 6 nitrogen and oxygen atoms in total. The van der Waals surface area contributed by atoms with Gasteiger partial charge in [0.1, 0.15) is 0 Å². The Balaban J connectivity index is 3.64. The van der Waals surface area contributed by atoms with Gasteiger partial charge < -0.3 is 0 Å². The highest BCUT2D eigenvalue weighted by molar-refractivity contribution is 7.86. The van der Waals surface area contributed by atoms with E-state index in [0.29, 0.717) is 12.8 Å². The third-order valence-electron chi connectivity index (χ3n) is 1.59. The van der Waals surface area contributed by atoms with E-state index in [9.17, 15) is 16.8 Å². The molecule has 0 saturated carbocycles. The van der Waals surface area contributed by atoms with E-state index in [0.717, 1.165) is 0 Å². The van der Waals surface area contributed by atoms with Crippen LogP contribution in [0.1, 0.15) is 26.2 Å². The zero-order valence-corrected chi connectivity index (χ0v) is 10.2. The van der Waals surface area contributed by atoms with E-state index in [2.05, 4.69) is 4.18 Å². The predicted octanol–water partition coefficient (Wildman–Crippen LogP) is 0.411. The summed E-state index contributed by atoms with van der Waals surface area (Å²) in [6, 6.07) is 0. The lowest BCUT2D eigenvalue weighted by Gasteiger charge is -2.02. The summed E-state index contributed by atoms with van der Waals surface area (Å²) in [6.45, 7) is 1.68. The largest absolute Gasteiger partial charge is 0.286 e. The molecule has 0 unspecified atom stereocenters. The van der Waals surface area contributed by atoms with Crippen LogP contribution in [0.4, 0.5) is 0 Å². The molecule has 15 heavy (non-hydrogen) atoms. The van der Waals surface area contributed by atoms with Gasteiger partial charge in [0.25, 0.3) is 20.2 Å². The summed E-state index contributed by atoms with van der Waals surface area (Å²) >= 11 is 0. The SMILES string of the molecule is CCOS(=O)(=O)CCCCCS(=O)(=O)O. The number of rotatable bonds is 8. The zero-order valence-electron chi connectivity index (χ0n) is 8.55. The molecule has 92 valence electrons. The molecular weight excluding hydrogens is 244 g/mol. The Labute approximate surface area is 90.5 Å². The van der Waals surface area contributed by atoms with Gasteiger partial charge in [-0.1, -0.05) is 6.42 Å². The van der Waals surface area contributed by atoms with Gasteiger partial charge in [-0.25, -0.2) is 0 Å². The summed E-state index contributed by atoms with van der Waals surface area (Å²) in [5.41, 5.74) is 0. The first kappa shape index (κ1) is 14.8. The summed E-state index contributed by atoms with van der Waals surface area (Å²) < 4.78 is 55.5. The van der Waals surface area contributed by atoms with Crippen molar-refractivity contribution in [3.63, 3.8) is 0 Å². The van der Waals surface area contributed by atoms with Crippen molar-refractivity contribution in [3.8, 4) is 0 Å². The average molecular weight is 260 g/mol. The minimum Gasteiger partial charge on any atom is -0.286 e. The molecule has 0 spiro atoms. The molecule has 0 rings (SSSR count). The first-order valence-electron chi connectivity index (χ1n) is 4.59. The molecule has 1 N–H and O–H groups in total. The molecule has 0 aliphatic carbocycles. The van der Waals surface area contributed by atoms with E-state index in [1.165, 1.54) is 0 Å². The van der Waals surface area contributed by atoms with Gasteiger partial charge >= 0.3 is 0 Å². The Bertz CT molecular complexity index is 355. The van der Waals surface area contributed by atoms with Crippen molar-refractivity contribution in [1.29, 1.82) is 0 Å². The molecule has 0 aromatic heterocycles. The maximum atomic E-state index is 11.0. The summed E-state index contributed by atoms with van der Waals surface area (Å²) in [4.78, 5) is 0. The van der Waals surface area contributed by atoms with Gasteiger partial charge in [0.05, 0.1) is 18.1 Å². The smallest absolute Gasteiger partial charge is 0.267 e. The van der Waals surface area contributed by atoms with E-state index in [4.69, 9.17) is 4.55 Å². The highest BCUT2D eigenvalue weighted by Gasteiger charge is 2.10. The topological polar surface area (TPSA) is 97.7 Å². The Morgan fingerprint density at radius 1 is 1.00 bits per heavy atom. The summed E-state index contributed by atoms with van der Waals surface area (Å²) in [6.07, 6.45) is 1.00. The van der Waals surface area contributed by atoms with Gasteiger partial charge in [0.2, 0.25) is 0 Å². The van der Waals surface area contributed by atoms with Crippen LogP contribution in [-0.4, -0.2) is 39.5 Å². The van der Waals surface area contributed by atoms with Gasteiger partial charge in [-0.15, -0.1) is 0 Å². The second kappa shape index (κ2) is 6.41. The number of unbranched alkanes of at least 4 members (excludes halogenated alkanes) is 2. The van der Waals surface area contributed by atoms with Crippen LogP contribution >= 0.6 is 0 Å². The fraction of sp³-hybridized carbons (Fsp3) is 1.00. The van der Waals surface area contributed by atoms with Crippen molar-refractivity contribution in [3.05, 3.63) is 0 Å². The summed E-state index contributed by atoms with van der Waals surface area (Å²) in [5.74, 6) is -0.450. The van der Waals surface area contributed by atoms with Crippen LogP contribution in [0.2, 0.25) is 0 Å². The lowest BCUT2D eigenvalue weighted by Crippen LogP contribution is -2.11. The van der Waals surface area contributed by atoms with E-state index in [-0.39, 0.29) is 24.5 Å². The van der Waals surface area contributed by atoms with E-state index >= 15 is 0 Å². The van der Waals surface area contributed by atoms with Crippen molar-refractivity contribution >= 4 is 20.2 Å². The van der Waals surface area contributed by atoms with Crippen LogP contribution in [-0.2, 0) is 24.4 Å². The fourth-order valence-corrected chi connectivity index (χ4v) is 2.58. The van der Waals surface area contributed by atoms with Crippen molar-refractivity contribution < 1.29 is 25.6 Å². The number of hydrogen-bond donors (Lipinski definition) is 1. The Morgan fingerprint density at radius 2 is 1.53 bits per heavy atom. The molecule has 0 heterocycles. The highest BCUT2D eigenvalue weighted by atomic mass is 32.2. The molecule has 0 aliphatic rings. The van der Waals surface area contributed by atoms with Crippen LogP contribution < -0.4 is 0 Å². The van der Waals surface area contributed by atoms with Crippen molar-refractivity contribution in [2.45, 2.75) is 26.2 Å². The molecular formula is C7H16O6S2. The van der Waals surface area contributed by atoms with Gasteiger partial charge in [0, 0.05) is 0 Å². The van der Waals surface area contributed by atoms with Crippen LogP contribution in [0.15, 0.2) is 0 Å². The van der Waals surface area contributed by atoms with E-state index in [1.807, 2.05) is 0 Å². The standard InChI is InChI=1S/C7H16O6S2/c1-2-13-15(11,12)7-5-3-4-6-14(8,9)10/h2-7H2,1H3,(H,8,9,10). The van der Waals surface area contributed by atoms with Crippen molar-refractivity contribution in [2.24, 2.45) is 0 Å². The molecule has 0 radical (unpaired) electrons. The van der Waals surface area contributed by atoms with Crippen LogP contribution in [0.3, 0.4) is 0 Å². The van der Waals surface area contributed by atoms with Crippen molar-refractivity contribution in [1.82, 2.24) is 0 Å². The average Bonchev–Trinajstić information content (AvgIpc) is 2.00. The zero-order chi connectivity index (χ0) is 11.9. The third kappa shape index (κ3) is 10.1. The molecule has 0 bridgehead atoms. The summed E-state index contributed by atoms with van der Waals surface area (Å²) in [5, 5.41) is 0. The Kier molecular flexibility index (Phi) is 6.34. The molecule has 0 aliphatic heterocycles. The van der Waals surface area contributed by atoms with Crippen LogP contribution in [0.25, 0.3) is 0 Å². The lowest BCUT2D eigenvalue weighted by atomic mass is 10.3. The fourth-order valence-electron chi connectivity index (χ4n) is 0.979. The molecule has 8 heteroatoms. The molecule has 0 atom stereocenters. The second-order valence-electron chi connectivity index (χ2n) is 3.02. The van der Waals surface area contributed by atoms with Gasteiger partial charge in [-0.05, 0) is 19.8 Å². The van der Waals surface area contributed by atoms with Crippen LogP contribution in [0, 0.1) is 0 Å². The minimum atomic E-state index is -3.93. The molecule has 0 fully saturated rings. The first-order valence-corrected chi connectivity index (χ1v) is 7.78. The monoisotopic (exact) mass is 260 g/mol. The first-order chi connectivity index (χ1) is 6.77. The highest BCUT2D eigenvalue weighted by Crippen LogP contribution is 2.03. The van der Waals surface area contributed by atoms with E-state index in [1.54, 1.807) is 6.92 Å².